The Bertz CT molecular complexity index is 1160. The van der Waals surface area contributed by atoms with E-state index >= 15 is 0 Å². The fourth-order valence-corrected chi connectivity index (χ4v) is 3.18. The van der Waals surface area contributed by atoms with Gasteiger partial charge in [-0.3, -0.25) is 4.79 Å². The minimum Gasteiger partial charge on any atom is -0.450 e. The average Bonchev–Trinajstić information content (AvgIpc) is 3.29. The van der Waals surface area contributed by atoms with Crippen LogP contribution < -0.4 is 5.32 Å². The number of carbonyl (C=O) groups is 2. The molecule has 1 N–H and O–H groups in total. The summed E-state index contributed by atoms with van der Waals surface area (Å²) in [4.78, 5) is 29.2. The Kier molecular flexibility index (Phi) is 6.36. The Balaban J connectivity index is 1.50. The molecule has 0 radical (unpaired) electrons. The van der Waals surface area contributed by atoms with Gasteiger partial charge in [-0.15, -0.1) is 5.10 Å². The maximum absolute atomic E-state index is 12.6. The zero-order valence-corrected chi connectivity index (χ0v) is 17.6. The highest BCUT2D eigenvalue weighted by Crippen LogP contribution is 2.21. The van der Waals surface area contributed by atoms with Crippen molar-refractivity contribution in [3.63, 3.8) is 0 Å². The summed E-state index contributed by atoms with van der Waals surface area (Å²) in [7, 11) is 0. The monoisotopic (exact) mass is 426 g/mol. The number of ether oxygens (including phenoxy) is 1. The number of benzene rings is 3. The molecular formula is C25H22N4O3. The maximum Gasteiger partial charge on any atom is 0.378 e. The van der Waals surface area contributed by atoms with Crippen molar-refractivity contribution in [2.75, 3.05) is 11.9 Å². The standard InChI is InChI=1S/C25H22N4O3/c1-2-18-10-9-13-20(16-18)26-22(30)17-32-25(31)23-27-24(19-11-5-3-6-12-19)29(28-23)21-14-7-4-8-15-21/h3-16H,2,17H2,1H3,(H,26,30). The van der Waals surface area contributed by atoms with Crippen molar-refractivity contribution in [2.24, 2.45) is 0 Å². The van der Waals surface area contributed by atoms with Crippen LogP contribution in [-0.2, 0) is 16.0 Å². The van der Waals surface area contributed by atoms with Gasteiger partial charge in [-0.2, -0.15) is 0 Å². The van der Waals surface area contributed by atoms with Gasteiger partial charge in [-0.05, 0) is 36.2 Å². The number of hydrogen-bond acceptors (Lipinski definition) is 5. The third-order valence-corrected chi connectivity index (χ3v) is 4.78. The summed E-state index contributed by atoms with van der Waals surface area (Å²) in [5, 5.41) is 7.07. The van der Waals surface area contributed by atoms with Crippen LogP contribution in [0.5, 0.6) is 0 Å². The first-order chi connectivity index (χ1) is 15.6. The predicted octanol–water partition coefficient (Wildman–Crippen LogP) is 4.29. The summed E-state index contributed by atoms with van der Waals surface area (Å²) in [6, 6.07) is 26.3. The van der Waals surface area contributed by atoms with Crippen LogP contribution in [0.1, 0.15) is 23.1 Å². The number of anilines is 1. The summed E-state index contributed by atoms with van der Waals surface area (Å²) >= 11 is 0. The van der Waals surface area contributed by atoms with Crippen molar-refractivity contribution in [1.82, 2.24) is 14.8 Å². The van der Waals surface area contributed by atoms with Crippen LogP contribution in [0.4, 0.5) is 5.69 Å². The molecule has 0 atom stereocenters. The molecule has 0 saturated carbocycles. The highest BCUT2D eigenvalue weighted by Gasteiger charge is 2.20. The number of aryl methyl sites for hydroxylation is 1. The van der Waals surface area contributed by atoms with Crippen molar-refractivity contribution in [3.8, 4) is 17.1 Å². The quantitative estimate of drug-likeness (QED) is 0.446. The third-order valence-electron chi connectivity index (χ3n) is 4.78. The number of esters is 1. The average molecular weight is 426 g/mol. The van der Waals surface area contributed by atoms with Gasteiger partial charge in [0.2, 0.25) is 0 Å². The number of nitrogens with zero attached hydrogens (tertiary/aromatic N) is 3. The number of carbonyl (C=O) groups excluding carboxylic acids is 2. The van der Waals surface area contributed by atoms with Crippen molar-refractivity contribution in [2.45, 2.75) is 13.3 Å². The van der Waals surface area contributed by atoms with Crippen LogP contribution in [0.25, 0.3) is 17.1 Å². The minimum atomic E-state index is -0.769. The predicted molar refractivity (Wildman–Crippen MR) is 122 cm³/mol. The molecule has 4 aromatic rings. The van der Waals surface area contributed by atoms with Gasteiger partial charge >= 0.3 is 5.97 Å². The number of rotatable bonds is 7. The molecule has 7 heteroatoms. The molecule has 1 amide bonds. The van der Waals surface area contributed by atoms with Gasteiger partial charge in [0, 0.05) is 11.3 Å². The molecule has 0 fully saturated rings. The Labute approximate surface area is 185 Å². The van der Waals surface area contributed by atoms with E-state index in [0.29, 0.717) is 11.5 Å². The molecule has 160 valence electrons. The van der Waals surface area contributed by atoms with E-state index in [4.69, 9.17) is 4.74 Å². The second-order valence-corrected chi connectivity index (χ2v) is 7.05. The molecule has 0 aliphatic heterocycles. The molecule has 3 aromatic carbocycles. The van der Waals surface area contributed by atoms with Gasteiger partial charge < -0.3 is 10.1 Å². The molecule has 0 bridgehead atoms. The Morgan fingerprint density at radius 3 is 2.38 bits per heavy atom. The topological polar surface area (TPSA) is 86.1 Å². The molecule has 1 heterocycles. The van der Waals surface area contributed by atoms with Gasteiger partial charge in [0.15, 0.2) is 12.4 Å². The fraction of sp³-hybridized carbons (Fsp3) is 0.120. The highest BCUT2D eigenvalue weighted by atomic mass is 16.5. The first kappa shape index (κ1) is 21.0. The number of amides is 1. The molecular weight excluding hydrogens is 404 g/mol. The van der Waals surface area contributed by atoms with E-state index in [1.165, 1.54) is 0 Å². The van der Waals surface area contributed by atoms with Gasteiger partial charge in [0.25, 0.3) is 11.7 Å². The lowest BCUT2D eigenvalue weighted by atomic mass is 10.1. The van der Waals surface area contributed by atoms with Crippen molar-refractivity contribution >= 4 is 17.6 Å². The zero-order chi connectivity index (χ0) is 22.3. The number of hydrogen-bond donors (Lipinski definition) is 1. The van der Waals surface area contributed by atoms with Crippen molar-refractivity contribution in [1.29, 1.82) is 0 Å². The highest BCUT2D eigenvalue weighted by molar-refractivity contribution is 5.94. The fourth-order valence-electron chi connectivity index (χ4n) is 3.18. The second kappa shape index (κ2) is 9.70. The molecule has 4 rings (SSSR count). The van der Waals surface area contributed by atoms with Gasteiger partial charge in [-0.25, -0.2) is 14.5 Å². The Hall–Kier alpha value is -4.26. The summed E-state index contributed by atoms with van der Waals surface area (Å²) < 4.78 is 6.75. The minimum absolute atomic E-state index is 0.117. The SMILES string of the molecule is CCc1cccc(NC(=O)COC(=O)c2nc(-c3ccccc3)n(-c3ccccc3)n2)c1. The van der Waals surface area contributed by atoms with Crippen molar-refractivity contribution < 1.29 is 14.3 Å². The molecule has 32 heavy (non-hydrogen) atoms. The summed E-state index contributed by atoms with van der Waals surface area (Å²) in [5.74, 6) is -0.815. The van der Waals surface area contributed by atoms with E-state index in [9.17, 15) is 9.59 Å². The van der Waals surface area contributed by atoms with Crippen LogP contribution in [0.3, 0.4) is 0 Å². The van der Waals surface area contributed by atoms with E-state index in [1.807, 2.05) is 85.8 Å². The smallest absolute Gasteiger partial charge is 0.378 e. The molecule has 0 spiro atoms. The maximum atomic E-state index is 12.6. The first-order valence-electron chi connectivity index (χ1n) is 10.3. The number of nitrogens with one attached hydrogen (secondary N) is 1. The molecule has 0 saturated heterocycles. The second-order valence-electron chi connectivity index (χ2n) is 7.05. The van der Waals surface area contributed by atoms with Gasteiger partial charge in [-0.1, -0.05) is 67.6 Å². The largest absolute Gasteiger partial charge is 0.450 e. The lowest BCUT2D eigenvalue weighted by Crippen LogP contribution is -2.21. The van der Waals surface area contributed by atoms with Crippen LogP contribution in [-0.4, -0.2) is 33.2 Å². The Morgan fingerprint density at radius 1 is 0.938 bits per heavy atom. The molecule has 1 aromatic heterocycles. The Morgan fingerprint density at radius 2 is 1.66 bits per heavy atom. The molecule has 0 unspecified atom stereocenters. The van der Waals surface area contributed by atoms with Crippen LogP contribution in [0, 0.1) is 0 Å². The summed E-state index contributed by atoms with van der Waals surface area (Å²) in [5.41, 5.74) is 3.31. The first-order valence-corrected chi connectivity index (χ1v) is 10.3. The summed E-state index contributed by atoms with van der Waals surface area (Å²) in [6.07, 6.45) is 0.859. The number of para-hydroxylation sites is 1. The van der Waals surface area contributed by atoms with Crippen LogP contribution in [0.15, 0.2) is 84.9 Å². The molecule has 0 aliphatic carbocycles. The van der Waals surface area contributed by atoms with E-state index in [2.05, 4.69) is 15.4 Å². The van der Waals surface area contributed by atoms with Gasteiger partial charge in [0.1, 0.15) is 0 Å². The molecule has 7 nitrogen and oxygen atoms in total. The molecule has 0 aliphatic rings. The van der Waals surface area contributed by atoms with E-state index in [-0.39, 0.29) is 5.82 Å². The van der Waals surface area contributed by atoms with Gasteiger partial charge in [0.05, 0.1) is 5.69 Å². The van der Waals surface area contributed by atoms with Crippen LogP contribution >= 0.6 is 0 Å². The summed E-state index contributed by atoms with van der Waals surface area (Å²) in [6.45, 7) is 1.60. The third kappa shape index (κ3) is 4.89. The van der Waals surface area contributed by atoms with Crippen LogP contribution in [0.2, 0.25) is 0 Å². The number of aromatic nitrogens is 3. The van der Waals surface area contributed by atoms with E-state index in [1.54, 1.807) is 10.7 Å². The van der Waals surface area contributed by atoms with E-state index < -0.39 is 18.5 Å². The zero-order valence-electron chi connectivity index (χ0n) is 17.6. The lowest BCUT2D eigenvalue weighted by Gasteiger charge is -2.06. The van der Waals surface area contributed by atoms with E-state index in [0.717, 1.165) is 23.2 Å². The van der Waals surface area contributed by atoms with Crippen molar-refractivity contribution in [3.05, 3.63) is 96.3 Å². The normalized spacial score (nSPS) is 10.5. The lowest BCUT2D eigenvalue weighted by molar-refractivity contribution is -0.119.